The van der Waals surface area contributed by atoms with E-state index in [1.807, 2.05) is 12.4 Å². The number of aromatic nitrogens is 2. The van der Waals surface area contributed by atoms with Crippen LogP contribution in [0.4, 0.5) is 11.4 Å². The number of nitrogens with zero attached hydrogens (tertiary/aromatic N) is 3. The second-order valence-electron chi connectivity index (χ2n) is 8.79. The van der Waals surface area contributed by atoms with Crippen LogP contribution in [-0.4, -0.2) is 53.0 Å². The quantitative estimate of drug-likeness (QED) is 0.346. The molecule has 2 aromatic carbocycles. The molecule has 166 valence electrons. The van der Waals surface area contributed by atoms with E-state index < -0.39 is 0 Å². The predicted octanol–water partition coefficient (Wildman–Crippen LogP) is 5.94. The molecule has 0 unspecified atom stereocenters. The van der Waals surface area contributed by atoms with Gasteiger partial charge >= 0.3 is 0 Å². The van der Waals surface area contributed by atoms with Crippen LogP contribution >= 0.6 is 11.3 Å². The van der Waals surface area contributed by atoms with Gasteiger partial charge in [0.15, 0.2) is 0 Å². The summed E-state index contributed by atoms with van der Waals surface area (Å²) in [6, 6.07) is 21.6. The van der Waals surface area contributed by atoms with Gasteiger partial charge in [0, 0.05) is 72.0 Å². The number of fused-ring (bicyclic) bond motifs is 2. The van der Waals surface area contributed by atoms with E-state index in [0.29, 0.717) is 0 Å². The van der Waals surface area contributed by atoms with Crippen LogP contribution in [0.25, 0.3) is 31.6 Å². The summed E-state index contributed by atoms with van der Waals surface area (Å²) in [7, 11) is 2.21. The molecule has 1 aliphatic heterocycles. The van der Waals surface area contributed by atoms with E-state index in [4.69, 9.17) is 4.98 Å². The van der Waals surface area contributed by atoms with Crippen LogP contribution in [0.3, 0.4) is 0 Å². The van der Waals surface area contributed by atoms with Gasteiger partial charge in [-0.15, -0.1) is 11.3 Å². The topological polar surface area (TPSA) is 47.2 Å². The summed E-state index contributed by atoms with van der Waals surface area (Å²) in [4.78, 5) is 15.3. The Hall–Kier alpha value is -3.19. The second-order valence-corrected chi connectivity index (χ2v) is 9.82. The van der Waals surface area contributed by atoms with Gasteiger partial charge in [0.2, 0.25) is 0 Å². The van der Waals surface area contributed by atoms with Crippen molar-refractivity contribution in [2.45, 2.75) is 6.54 Å². The van der Waals surface area contributed by atoms with Crippen LogP contribution < -0.4 is 5.32 Å². The van der Waals surface area contributed by atoms with Crippen molar-refractivity contribution >= 4 is 43.8 Å². The van der Waals surface area contributed by atoms with Gasteiger partial charge in [-0.1, -0.05) is 30.3 Å². The Balaban J connectivity index is 1.34. The number of pyridine rings is 1. The minimum atomic E-state index is 0.992. The van der Waals surface area contributed by atoms with Gasteiger partial charge in [-0.3, -0.25) is 4.90 Å². The number of piperazine rings is 1. The van der Waals surface area contributed by atoms with Gasteiger partial charge < -0.3 is 15.2 Å². The molecule has 4 heterocycles. The Bertz CT molecular complexity index is 1410. The maximum absolute atomic E-state index is 4.69. The molecule has 1 saturated heterocycles. The normalized spacial score (nSPS) is 15.4. The largest absolute Gasteiger partial charge is 0.361 e. The average molecular weight is 454 g/mol. The summed E-state index contributed by atoms with van der Waals surface area (Å²) >= 11 is 1.77. The van der Waals surface area contributed by atoms with Gasteiger partial charge in [0.05, 0.1) is 5.69 Å². The molecule has 33 heavy (non-hydrogen) atoms. The first-order valence-corrected chi connectivity index (χ1v) is 12.3. The molecule has 5 aromatic rings. The highest BCUT2D eigenvalue weighted by atomic mass is 32.1. The van der Waals surface area contributed by atoms with Gasteiger partial charge in [-0.2, -0.15) is 0 Å². The van der Waals surface area contributed by atoms with Crippen molar-refractivity contribution < 1.29 is 0 Å². The molecule has 0 amide bonds. The molecule has 0 radical (unpaired) electrons. The van der Waals surface area contributed by atoms with E-state index in [1.54, 1.807) is 11.3 Å². The van der Waals surface area contributed by atoms with Crippen LogP contribution in [0, 0.1) is 0 Å². The maximum Gasteiger partial charge on any atom is 0.125 e. The molecule has 0 atom stereocenters. The highest BCUT2D eigenvalue weighted by Crippen LogP contribution is 2.39. The van der Waals surface area contributed by atoms with Crippen LogP contribution in [0.1, 0.15) is 5.56 Å². The smallest absolute Gasteiger partial charge is 0.125 e. The van der Waals surface area contributed by atoms with Crippen LogP contribution in [0.5, 0.6) is 0 Å². The molecule has 5 nitrogen and oxygen atoms in total. The van der Waals surface area contributed by atoms with Crippen LogP contribution in [0.2, 0.25) is 0 Å². The van der Waals surface area contributed by atoms with E-state index in [0.717, 1.165) is 54.4 Å². The number of hydrogen-bond acceptors (Lipinski definition) is 5. The predicted molar refractivity (Wildman–Crippen MR) is 139 cm³/mol. The summed E-state index contributed by atoms with van der Waals surface area (Å²) < 4.78 is 0. The van der Waals surface area contributed by atoms with E-state index in [9.17, 15) is 0 Å². The number of anilines is 2. The monoisotopic (exact) mass is 453 g/mol. The van der Waals surface area contributed by atoms with E-state index in [-0.39, 0.29) is 0 Å². The van der Waals surface area contributed by atoms with Crippen molar-refractivity contribution in [1.29, 1.82) is 0 Å². The lowest BCUT2D eigenvalue weighted by atomic mass is 10.0. The minimum absolute atomic E-state index is 0.992. The van der Waals surface area contributed by atoms with E-state index in [1.165, 1.54) is 26.8 Å². The molecule has 1 aliphatic rings. The fourth-order valence-electron chi connectivity index (χ4n) is 4.67. The van der Waals surface area contributed by atoms with Crippen molar-refractivity contribution in [2.75, 3.05) is 38.5 Å². The molecule has 0 spiro atoms. The molecular weight excluding hydrogens is 426 g/mol. The summed E-state index contributed by atoms with van der Waals surface area (Å²) in [6.45, 7) is 5.51. The Labute approximate surface area is 197 Å². The number of thiophene rings is 1. The molecule has 0 bridgehead atoms. The zero-order valence-corrected chi connectivity index (χ0v) is 19.5. The summed E-state index contributed by atoms with van der Waals surface area (Å²) in [5.41, 5.74) is 6.03. The number of rotatable bonds is 5. The molecule has 0 aliphatic carbocycles. The second kappa shape index (κ2) is 8.63. The summed E-state index contributed by atoms with van der Waals surface area (Å²) in [5.74, 6) is 0. The van der Waals surface area contributed by atoms with Crippen molar-refractivity contribution in [2.24, 2.45) is 0 Å². The Morgan fingerprint density at radius 2 is 1.79 bits per heavy atom. The van der Waals surface area contributed by atoms with E-state index in [2.05, 4.69) is 87.8 Å². The van der Waals surface area contributed by atoms with Crippen LogP contribution in [-0.2, 0) is 6.54 Å². The molecule has 6 heteroatoms. The molecule has 0 saturated carbocycles. The number of hydrogen-bond donors (Lipinski definition) is 2. The van der Waals surface area contributed by atoms with Crippen molar-refractivity contribution in [3.63, 3.8) is 0 Å². The lowest BCUT2D eigenvalue weighted by Crippen LogP contribution is -2.43. The number of aromatic amines is 1. The van der Waals surface area contributed by atoms with Crippen molar-refractivity contribution in [3.05, 3.63) is 78.6 Å². The van der Waals surface area contributed by atoms with E-state index >= 15 is 0 Å². The highest BCUT2D eigenvalue weighted by molar-refractivity contribution is 7.22. The molecule has 1 fully saturated rings. The Morgan fingerprint density at radius 1 is 0.939 bits per heavy atom. The summed E-state index contributed by atoms with van der Waals surface area (Å²) in [6.07, 6.45) is 3.89. The zero-order valence-electron chi connectivity index (χ0n) is 18.7. The Kier molecular flexibility index (Phi) is 5.34. The molecule has 6 rings (SSSR count). The highest BCUT2D eigenvalue weighted by Gasteiger charge is 2.17. The number of H-pyrrole nitrogens is 1. The molecule has 3 aromatic heterocycles. The minimum Gasteiger partial charge on any atom is -0.361 e. The average Bonchev–Trinajstić information content (AvgIpc) is 3.49. The zero-order chi connectivity index (χ0) is 22.2. The van der Waals surface area contributed by atoms with Gasteiger partial charge in [-0.25, -0.2) is 4.98 Å². The fourth-order valence-corrected chi connectivity index (χ4v) is 5.75. The first kappa shape index (κ1) is 20.4. The first-order valence-electron chi connectivity index (χ1n) is 11.5. The third-order valence-corrected chi connectivity index (χ3v) is 7.65. The Morgan fingerprint density at radius 3 is 2.70 bits per heavy atom. The fraction of sp³-hybridized carbons (Fsp3) is 0.222. The van der Waals surface area contributed by atoms with Gasteiger partial charge in [0.1, 0.15) is 4.83 Å². The molecule has 2 N–H and O–H groups in total. The molecular formula is C27H27N5S. The third-order valence-electron chi connectivity index (χ3n) is 6.57. The standard InChI is InChI=1S/C27H27N5S/c1-31-13-15-32(16-14-31)18-19-5-2-3-6-20(19)26-17-22-25(10-12-29-27(22)33-26)30-24-8-4-7-23-21(24)9-11-28-23/h2-12,17,28H,13-16,18H2,1H3,(H,29,30). The lowest BCUT2D eigenvalue weighted by Gasteiger charge is -2.32. The number of benzene rings is 2. The van der Waals surface area contributed by atoms with Gasteiger partial charge in [-0.05, 0) is 48.5 Å². The third kappa shape index (κ3) is 4.02. The lowest BCUT2D eigenvalue weighted by molar-refractivity contribution is 0.148. The SMILES string of the molecule is CN1CCN(Cc2ccccc2-c2cc3c(Nc4cccc5[nH]ccc45)ccnc3s2)CC1. The van der Waals surface area contributed by atoms with Crippen LogP contribution in [0.15, 0.2) is 73.1 Å². The number of nitrogens with one attached hydrogen (secondary N) is 2. The van der Waals surface area contributed by atoms with Crippen molar-refractivity contribution in [1.82, 2.24) is 19.8 Å². The van der Waals surface area contributed by atoms with Gasteiger partial charge in [0.25, 0.3) is 0 Å². The first-order chi connectivity index (χ1) is 16.2. The van der Waals surface area contributed by atoms with Crippen molar-refractivity contribution in [3.8, 4) is 10.4 Å². The summed E-state index contributed by atoms with van der Waals surface area (Å²) in [5, 5.41) is 6.02. The number of likely N-dealkylation sites (N-methyl/N-ethyl adjacent to an activating group) is 1. The maximum atomic E-state index is 4.69.